The lowest BCUT2D eigenvalue weighted by molar-refractivity contribution is 0.0979. The van der Waals surface area contributed by atoms with Crippen molar-refractivity contribution in [3.63, 3.8) is 0 Å². The predicted octanol–water partition coefficient (Wildman–Crippen LogP) is 3.47. The molecule has 0 radical (unpaired) electrons. The van der Waals surface area contributed by atoms with Crippen LogP contribution in [0.4, 0.5) is 4.39 Å². The molecule has 0 aromatic heterocycles. The second kappa shape index (κ2) is 10.0. The first-order chi connectivity index (χ1) is 13.1. The molecular formula is C21H26ClFN2O2. The minimum absolute atomic E-state index is 0.177. The Labute approximate surface area is 164 Å². The van der Waals surface area contributed by atoms with Crippen molar-refractivity contribution in [2.24, 2.45) is 0 Å². The molecule has 6 heteroatoms. The van der Waals surface area contributed by atoms with Gasteiger partial charge in [0.05, 0.1) is 5.02 Å². The van der Waals surface area contributed by atoms with Crippen LogP contribution < -0.4 is 10.1 Å². The summed E-state index contributed by atoms with van der Waals surface area (Å²) in [5, 5.41) is 13.7. The Morgan fingerprint density at radius 3 is 2.63 bits per heavy atom. The van der Waals surface area contributed by atoms with Crippen molar-refractivity contribution >= 4 is 11.6 Å². The summed E-state index contributed by atoms with van der Waals surface area (Å²) in [6.45, 7) is 3.50. The minimum Gasteiger partial charge on any atom is -0.491 e. The van der Waals surface area contributed by atoms with Gasteiger partial charge in [-0.05, 0) is 55.8 Å². The van der Waals surface area contributed by atoms with Crippen LogP contribution in [0.2, 0.25) is 5.02 Å². The highest BCUT2D eigenvalue weighted by atomic mass is 35.5. The zero-order valence-electron chi connectivity index (χ0n) is 15.3. The second-order valence-corrected chi connectivity index (χ2v) is 7.39. The zero-order valence-corrected chi connectivity index (χ0v) is 16.0. The average molecular weight is 393 g/mol. The summed E-state index contributed by atoms with van der Waals surface area (Å²) >= 11 is 5.85. The van der Waals surface area contributed by atoms with Crippen molar-refractivity contribution in [2.45, 2.75) is 31.5 Å². The first-order valence-electron chi connectivity index (χ1n) is 9.36. The SMILES string of the molecule is OC(CNC1CCN(Cc2ccc(F)c(Cl)c2)CC1)COc1ccccc1. The maximum Gasteiger partial charge on any atom is 0.141 e. The van der Waals surface area contributed by atoms with Crippen LogP contribution in [0.1, 0.15) is 18.4 Å². The number of halogens is 2. The standard InChI is InChI=1S/C21H26ClFN2O2/c22-20-12-16(6-7-21(20)23)14-25-10-8-17(9-11-25)24-13-18(26)15-27-19-4-2-1-3-5-19/h1-7,12,17-18,24,26H,8-11,13-15H2. The number of nitrogens with one attached hydrogen (secondary N) is 1. The summed E-state index contributed by atoms with van der Waals surface area (Å²) < 4.78 is 18.8. The third-order valence-electron chi connectivity index (χ3n) is 4.81. The molecule has 27 heavy (non-hydrogen) atoms. The Kier molecular flexibility index (Phi) is 7.47. The lowest BCUT2D eigenvalue weighted by Gasteiger charge is -2.33. The van der Waals surface area contributed by atoms with Crippen molar-refractivity contribution in [1.29, 1.82) is 0 Å². The van der Waals surface area contributed by atoms with Gasteiger partial charge in [0.2, 0.25) is 0 Å². The Hall–Kier alpha value is -1.66. The Morgan fingerprint density at radius 2 is 1.93 bits per heavy atom. The van der Waals surface area contributed by atoms with Crippen LogP contribution in [0.15, 0.2) is 48.5 Å². The van der Waals surface area contributed by atoms with E-state index in [2.05, 4.69) is 10.2 Å². The number of hydrogen-bond donors (Lipinski definition) is 2. The number of aliphatic hydroxyl groups excluding tert-OH is 1. The van der Waals surface area contributed by atoms with Gasteiger partial charge in [-0.1, -0.05) is 35.9 Å². The van der Waals surface area contributed by atoms with E-state index >= 15 is 0 Å². The summed E-state index contributed by atoms with van der Waals surface area (Å²) in [7, 11) is 0. The van der Waals surface area contributed by atoms with Gasteiger partial charge < -0.3 is 15.2 Å². The number of likely N-dealkylation sites (tertiary alicyclic amines) is 1. The molecular weight excluding hydrogens is 367 g/mol. The summed E-state index contributed by atoms with van der Waals surface area (Å²) in [6.07, 6.45) is 1.49. The van der Waals surface area contributed by atoms with Gasteiger partial charge in [-0.15, -0.1) is 0 Å². The molecule has 1 aliphatic rings. The van der Waals surface area contributed by atoms with E-state index in [4.69, 9.17) is 16.3 Å². The molecule has 0 saturated carbocycles. The number of piperidine rings is 1. The van der Waals surface area contributed by atoms with E-state index in [1.54, 1.807) is 12.1 Å². The minimum atomic E-state index is -0.537. The molecule has 1 heterocycles. The fraction of sp³-hybridized carbons (Fsp3) is 0.429. The topological polar surface area (TPSA) is 44.7 Å². The zero-order chi connectivity index (χ0) is 19.1. The van der Waals surface area contributed by atoms with Crippen LogP contribution in [0, 0.1) is 5.82 Å². The molecule has 2 aromatic carbocycles. The van der Waals surface area contributed by atoms with Gasteiger partial charge in [0.15, 0.2) is 0 Å². The highest BCUT2D eigenvalue weighted by molar-refractivity contribution is 6.30. The fourth-order valence-electron chi connectivity index (χ4n) is 3.26. The van der Waals surface area contributed by atoms with E-state index in [9.17, 15) is 9.50 Å². The van der Waals surface area contributed by atoms with Crippen LogP contribution in [0.5, 0.6) is 5.75 Å². The third kappa shape index (κ3) is 6.47. The summed E-state index contributed by atoms with van der Waals surface area (Å²) in [4.78, 5) is 2.34. The maximum absolute atomic E-state index is 13.2. The van der Waals surface area contributed by atoms with E-state index < -0.39 is 6.10 Å². The molecule has 2 aromatic rings. The number of hydrogen-bond acceptors (Lipinski definition) is 4. The maximum atomic E-state index is 13.2. The molecule has 1 atom stereocenters. The molecule has 4 nitrogen and oxygen atoms in total. The number of benzene rings is 2. The summed E-state index contributed by atoms with van der Waals surface area (Å²) in [6, 6.07) is 14.8. The van der Waals surface area contributed by atoms with Crippen LogP contribution in [0.25, 0.3) is 0 Å². The Morgan fingerprint density at radius 1 is 1.19 bits per heavy atom. The summed E-state index contributed by atoms with van der Waals surface area (Å²) in [5.74, 6) is 0.392. The van der Waals surface area contributed by atoms with Crippen LogP contribution in [-0.4, -0.2) is 48.4 Å². The normalized spacial score (nSPS) is 17.0. The van der Waals surface area contributed by atoms with Crippen molar-refractivity contribution in [3.05, 3.63) is 64.9 Å². The van der Waals surface area contributed by atoms with E-state index in [0.717, 1.165) is 43.8 Å². The Balaban J connectivity index is 1.33. The molecule has 3 rings (SSSR count). The number of para-hydroxylation sites is 1. The monoisotopic (exact) mass is 392 g/mol. The van der Waals surface area contributed by atoms with Gasteiger partial charge in [0.25, 0.3) is 0 Å². The molecule has 2 N–H and O–H groups in total. The summed E-state index contributed by atoms with van der Waals surface area (Å²) in [5.41, 5.74) is 1.03. The van der Waals surface area contributed by atoms with E-state index in [0.29, 0.717) is 12.6 Å². The molecule has 1 unspecified atom stereocenters. The lowest BCUT2D eigenvalue weighted by atomic mass is 10.0. The number of nitrogens with zero attached hydrogens (tertiary/aromatic N) is 1. The number of rotatable bonds is 8. The number of aliphatic hydroxyl groups is 1. The molecule has 0 spiro atoms. The van der Waals surface area contributed by atoms with Crippen molar-refractivity contribution in [2.75, 3.05) is 26.2 Å². The molecule has 1 aliphatic heterocycles. The van der Waals surface area contributed by atoms with Crippen LogP contribution >= 0.6 is 11.6 Å². The smallest absolute Gasteiger partial charge is 0.141 e. The molecule has 146 valence electrons. The highest BCUT2D eigenvalue weighted by Gasteiger charge is 2.20. The fourth-order valence-corrected chi connectivity index (χ4v) is 3.47. The molecule has 1 saturated heterocycles. The van der Waals surface area contributed by atoms with Gasteiger partial charge in [-0.25, -0.2) is 4.39 Å². The van der Waals surface area contributed by atoms with Gasteiger partial charge in [0, 0.05) is 19.1 Å². The molecule has 1 fully saturated rings. The number of ether oxygens (including phenoxy) is 1. The van der Waals surface area contributed by atoms with Crippen molar-refractivity contribution < 1.29 is 14.2 Å². The lowest BCUT2D eigenvalue weighted by Crippen LogP contribution is -2.45. The Bertz CT molecular complexity index is 709. The molecule has 0 aliphatic carbocycles. The van der Waals surface area contributed by atoms with Gasteiger partial charge in [0.1, 0.15) is 24.3 Å². The van der Waals surface area contributed by atoms with Gasteiger partial charge in [-0.2, -0.15) is 0 Å². The second-order valence-electron chi connectivity index (χ2n) is 6.99. The first-order valence-corrected chi connectivity index (χ1v) is 9.73. The predicted molar refractivity (Wildman–Crippen MR) is 106 cm³/mol. The highest BCUT2D eigenvalue weighted by Crippen LogP contribution is 2.19. The van der Waals surface area contributed by atoms with E-state index in [-0.39, 0.29) is 17.4 Å². The van der Waals surface area contributed by atoms with Gasteiger partial charge >= 0.3 is 0 Å². The van der Waals surface area contributed by atoms with Crippen molar-refractivity contribution in [1.82, 2.24) is 10.2 Å². The van der Waals surface area contributed by atoms with Gasteiger partial charge in [-0.3, -0.25) is 4.90 Å². The van der Waals surface area contributed by atoms with E-state index in [1.807, 2.05) is 30.3 Å². The first kappa shape index (κ1) is 20.1. The largest absolute Gasteiger partial charge is 0.491 e. The molecule has 0 bridgehead atoms. The van der Waals surface area contributed by atoms with Crippen LogP contribution in [0.3, 0.4) is 0 Å². The van der Waals surface area contributed by atoms with Crippen LogP contribution in [-0.2, 0) is 6.54 Å². The van der Waals surface area contributed by atoms with E-state index in [1.165, 1.54) is 6.07 Å². The average Bonchev–Trinajstić information content (AvgIpc) is 2.69. The molecule has 0 amide bonds. The third-order valence-corrected chi connectivity index (χ3v) is 5.10. The van der Waals surface area contributed by atoms with Crippen molar-refractivity contribution in [3.8, 4) is 5.75 Å². The quantitative estimate of drug-likeness (QED) is 0.722.